The van der Waals surface area contributed by atoms with E-state index in [1.54, 1.807) is 6.20 Å². The molecule has 1 aliphatic rings. The van der Waals surface area contributed by atoms with E-state index in [9.17, 15) is 4.79 Å². The third-order valence-corrected chi connectivity index (χ3v) is 4.30. The molecule has 0 aliphatic carbocycles. The second-order valence-corrected chi connectivity index (χ2v) is 5.81. The molecule has 2 aromatic rings. The summed E-state index contributed by atoms with van der Waals surface area (Å²) in [4.78, 5) is 18.2. The Bertz CT molecular complexity index is 684. The van der Waals surface area contributed by atoms with Crippen LogP contribution in [0.5, 0.6) is 0 Å². The summed E-state index contributed by atoms with van der Waals surface area (Å²) in [5, 5.41) is 0. The summed E-state index contributed by atoms with van der Waals surface area (Å²) in [7, 11) is 0. The Morgan fingerprint density at radius 3 is 2.86 bits per heavy atom. The van der Waals surface area contributed by atoms with Crippen LogP contribution < -0.4 is 4.90 Å². The highest BCUT2D eigenvalue weighted by Crippen LogP contribution is 2.26. The van der Waals surface area contributed by atoms with E-state index in [1.807, 2.05) is 59.5 Å². The van der Waals surface area contributed by atoms with Crippen LogP contribution in [-0.2, 0) is 4.79 Å². The highest BCUT2D eigenvalue weighted by Gasteiger charge is 2.29. The maximum absolute atomic E-state index is 12.1. The number of pyridine rings is 1. The molecular formula is C18H18N2OS. The third kappa shape index (κ3) is 3.39. The summed E-state index contributed by atoms with van der Waals surface area (Å²) in [5.41, 5.74) is 2.93. The standard InChI is InChI=1S/C18H18N2OS/c21-18-11-15(13-22)12-20(18)17-6-3-4-14(10-17)7-8-16-5-1-2-9-19-16/h1-10,15,22H,11-13H2. The van der Waals surface area contributed by atoms with Crippen molar-refractivity contribution in [2.75, 3.05) is 17.2 Å². The lowest BCUT2D eigenvalue weighted by Gasteiger charge is -2.17. The van der Waals surface area contributed by atoms with Crippen molar-refractivity contribution in [2.45, 2.75) is 6.42 Å². The largest absolute Gasteiger partial charge is 0.312 e. The topological polar surface area (TPSA) is 33.2 Å². The second-order valence-electron chi connectivity index (χ2n) is 5.44. The molecule has 112 valence electrons. The summed E-state index contributed by atoms with van der Waals surface area (Å²) in [6, 6.07) is 13.9. The minimum atomic E-state index is 0.185. The molecule has 1 unspecified atom stereocenters. The Morgan fingerprint density at radius 2 is 2.14 bits per heavy atom. The molecule has 0 N–H and O–H groups in total. The molecule has 1 aromatic carbocycles. The Balaban J connectivity index is 1.78. The van der Waals surface area contributed by atoms with Crippen LogP contribution in [0.25, 0.3) is 12.2 Å². The molecule has 0 bridgehead atoms. The predicted octanol–water partition coefficient (Wildman–Crippen LogP) is 3.53. The van der Waals surface area contributed by atoms with Crippen LogP contribution >= 0.6 is 12.6 Å². The van der Waals surface area contributed by atoms with Gasteiger partial charge >= 0.3 is 0 Å². The number of thiol groups is 1. The Hall–Kier alpha value is -2.07. The van der Waals surface area contributed by atoms with Crippen LogP contribution in [0.2, 0.25) is 0 Å². The van der Waals surface area contributed by atoms with Gasteiger partial charge in [0.25, 0.3) is 0 Å². The van der Waals surface area contributed by atoms with E-state index in [1.165, 1.54) is 0 Å². The van der Waals surface area contributed by atoms with Crippen LogP contribution in [0.3, 0.4) is 0 Å². The van der Waals surface area contributed by atoms with E-state index in [0.29, 0.717) is 12.3 Å². The quantitative estimate of drug-likeness (QED) is 0.876. The van der Waals surface area contributed by atoms with Crippen molar-refractivity contribution in [3.8, 4) is 0 Å². The molecule has 4 heteroatoms. The Morgan fingerprint density at radius 1 is 1.23 bits per heavy atom. The van der Waals surface area contributed by atoms with Crippen molar-refractivity contribution < 1.29 is 4.79 Å². The monoisotopic (exact) mass is 310 g/mol. The van der Waals surface area contributed by atoms with Gasteiger partial charge in [0.15, 0.2) is 0 Å². The van der Waals surface area contributed by atoms with Crippen LogP contribution in [-0.4, -0.2) is 23.2 Å². The highest BCUT2D eigenvalue weighted by atomic mass is 32.1. The predicted molar refractivity (Wildman–Crippen MR) is 93.9 cm³/mol. The number of carbonyl (C=O) groups is 1. The molecule has 3 nitrogen and oxygen atoms in total. The molecule has 2 heterocycles. The van der Waals surface area contributed by atoms with Crippen LogP contribution in [0, 0.1) is 5.92 Å². The molecule has 0 saturated carbocycles. The maximum Gasteiger partial charge on any atom is 0.227 e. The van der Waals surface area contributed by atoms with Crippen molar-refractivity contribution in [2.24, 2.45) is 5.92 Å². The van der Waals surface area contributed by atoms with E-state index in [4.69, 9.17) is 0 Å². The van der Waals surface area contributed by atoms with Gasteiger partial charge in [0.2, 0.25) is 5.91 Å². The average Bonchev–Trinajstić information content (AvgIpc) is 2.95. The van der Waals surface area contributed by atoms with Gasteiger partial charge in [-0.05, 0) is 47.6 Å². The van der Waals surface area contributed by atoms with Crippen molar-refractivity contribution >= 4 is 36.4 Å². The third-order valence-electron chi connectivity index (χ3n) is 3.78. The number of amides is 1. The molecule has 1 saturated heterocycles. The lowest BCUT2D eigenvalue weighted by molar-refractivity contribution is -0.117. The Kier molecular flexibility index (Phi) is 4.59. The first-order valence-electron chi connectivity index (χ1n) is 7.36. The first-order valence-corrected chi connectivity index (χ1v) is 8.00. The smallest absolute Gasteiger partial charge is 0.227 e. The molecule has 22 heavy (non-hydrogen) atoms. The molecule has 1 aromatic heterocycles. The molecule has 1 amide bonds. The fraction of sp³-hybridized carbons (Fsp3) is 0.222. The molecule has 1 atom stereocenters. The van der Waals surface area contributed by atoms with Crippen molar-refractivity contribution in [3.63, 3.8) is 0 Å². The number of benzene rings is 1. The van der Waals surface area contributed by atoms with Gasteiger partial charge in [0.05, 0.1) is 5.69 Å². The zero-order chi connectivity index (χ0) is 15.4. The van der Waals surface area contributed by atoms with Gasteiger partial charge in [-0.3, -0.25) is 9.78 Å². The van der Waals surface area contributed by atoms with E-state index in [-0.39, 0.29) is 5.91 Å². The number of hydrogen-bond acceptors (Lipinski definition) is 3. The summed E-state index contributed by atoms with van der Waals surface area (Å²) in [6.45, 7) is 0.760. The lowest BCUT2D eigenvalue weighted by atomic mass is 10.1. The molecule has 0 spiro atoms. The summed E-state index contributed by atoms with van der Waals surface area (Å²) < 4.78 is 0. The van der Waals surface area contributed by atoms with Gasteiger partial charge in [-0.25, -0.2) is 0 Å². The molecular weight excluding hydrogens is 292 g/mol. The molecule has 1 fully saturated rings. The summed E-state index contributed by atoms with van der Waals surface area (Å²) >= 11 is 4.31. The van der Waals surface area contributed by atoms with Gasteiger partial charge in [-0.1, -0.05) is 24.3 Å². The number of nitrogens with zero attached hydrogens (tertiary/aromatic N) is 2. The summed E-state index contributed by atoms with van der Waals surface area (Å²) in [5.74, 6) is 1.29. The number of rotatable bonds is 4. The van der Waals surface area contributed by atoms with E-state index in [2.05, 4.69) is 17.6 Å². The van der Waals surface area contributed by atoms with Crippen LogP contribution in [0.4, 0.5) is 5.69 Å². The normalized spacial score (nSPS) is 18.3. The number of carbonyl (C=O) groups excluding carboxylic acids is 1. The van der Waals surface area contributed by atoms with E-state index >= 15 is 0 Å². The highest BCUT2D eigenvalue weighted by molar-refractivity contribution is 7.80. The van der Waals surface area contributed by atoms with Crippen LogP contribution in [0.15, 0.2) is 48.7 Å². The Labute approximate surface area is 136 Å². The fourth-order valence-electron chi connectivity index (χ4n) is 2.61. The zero-order valence-corrected chi connectivity index (χ0v) is 13.1. The van der Waals surface area contributed by atoms with Crippen molar-refractivity contribution in [3.05, 3.63) is 59.9 Å². The number of aromatic nitrogens is 1. The average molecular weight is 310 g/mol. The van der Waals surface area contributed by atoms with Gasteiger partial charge in [0, 0.05) is 24.8 Å². The molecule has 3 rings (SSSR count). The first kappa shape index (κ1) is 14.9. The number of anilines is 1. The van der Waals surface area contributed by atoms with Crippen molar-refractivity contribution in [1.29, 1.82) is 0 Å². The van der Waals surface area contributed by atoms with Gasteiger partial charge < -0.3 is 4.90 Å². The number of hydrogen-bond donors (Lipinski definition) is 1. The summed E-state index contributed by atoms with van der Waals surface area (Å²) in [6.07, 6.45) is 6.36. The van der Waals surface area contributed by atoms with Gasteiger partial charge in [0.1, 0.15) is 0 Å². The molecule has 0 radical (unpaired) electrons. The van der Waals surface area contributed by atoms with Crippen molar-refractivity contribution in [1.82, 2.24) is 4.98 Å². The van der Waals surface area contributed by atoms with E-state index in [0.717, 1.165) is 29.2 Å². The van der Waals surface area contributed by atoms with Gasteiger partial charge in [-0.2, -0.15) is 12.6 Å². The lowest BCUT2D eigenvalue weighted by Crippen LogP contribution is -2.24. The second kappa shape index (κ2) is 6.79. The first-order chi connectivity index (χ1) is 10.8. The maximum atomic E-state index is 12.1. The SMILES string of the molecule is O=C1CC(CS)CN1c1cccc(C=Cc2ccccn2)c1. The fourth-order valence-corrected chi connectivity index (χ4v) is 2.85. The molecule has 1 aliphatic heterocycles. The van der Waals surface area contributed by atoms with Gasteiger partial charge in [-0.15, -0.1) is 0 Å². The van der Waals surface area contributed by atoms with E-state index < -0.39 is 0 Å². The van der Waals surface area contributed by atoms with Crippen LogP contribution in [0.1, 0.15) is 17.7 Å². The minimum Gasteiger partial charge on any atom is -0.312 e. The zero-order valence-electron chi connectivity index (χ0n) is 12.2. The minimum absolute atomic E-state index is 0.185.